The minimum atomic E-state index is -0.229. The summed E-state index contributed by atoms with van der Waals surface area (Å²) in [6.07, 6.45) is 1.90. The summed E-state index contributed by atoms with van der Waals surface area (Å²) in [7, 11) is 0. The molecule has 4 nitrogen and oxygen atoms in total. The van der Waals surface area contributed by atoms with Crippen molar-refractivity contribution in [2.24, 2.45) is 0 Å². The number of hydrogen-bond acceptors (Lipinski definition) is 4. The molecule has 4 aromatic carbocycles. The fraction of sp³-hybridized carbons (Fsp3) is 0.158. The van der Waals surface area contributed by atoms with Gasteiger partial charge in [0.1, 0.15) is 17.1 Å². The molecule has 1 aliphatic heterocycles. The molecule has 0 bridgehead atoms. The van der Waals surface area contributed by atoms with Crippen LogP contribution in [-0.2, 0) is 26.5 Å². The maximum atomic E-state index is 11.3. The number of aromatic hydroxyl groups is 1. The summed E-state index contributed by atoms with van der Waals surface area (Å²) in [6, 6.07) is 38.8. The third kappa shape index (κ3) is 4.84. The average Bonchev–Trinajstić information content (AvgIpc) is 3.02. The second-order valence-corrected chi connectivity index (χ2v) is 11.8. The second kappa shape index (κ2) is 11.1. The number of hydrogen-bond donors (Lipinski definition) is 1. The van der Waals surface area contributed by atoms with Crippen molar-refractivity contribution in [3.63, 3.8) is 0 Å². The van der Waals surface area contributed by atoms with Gasteiger partial charge in [0.05, 0.1) is 0 Å². The van der Waals surface area contributed by atoms with E-state index >= 15 is 0 Å². The summed E-state index contributed by atoms with van der Waals surface area (Å²) in [4.78, 5) is 12.1. The first-order chi connectivity index (χ1) is 20.3. The van der Waals surface area contributed by atoms with Gasteiger partial charge in [0.2, 0.25) is 0 Å². The number of phenols is 1. The van der Waals surface area contributed by atoms with E-state index in [4.69, 9.17) is 9.97 Å². The SMILES string of the molecule is CC(C)c1ccnc(N2c3[c-]c(-c4ccc5ccc(-c6ccccc6)c(O)c5n4)ccc3C(C)(C)c3ccccc32)c1.[Pt]. The zero-order chi connectivity index (χ0) is 29.0. The van der Waals surface area contributed by atoms with Crippen molar-refractivity contribution >= 4 is 28.1 Å². The Morgan fingerprint density at radius 1 is 0.814 bits per heavy atom. The minimum Gasteiger partial charge on any atom is -0.505 e. The summed E-state index contributed by atoms with van der Waals surface area (Å²) in [6.45, 7) is 8.94. The molecule has 2 aromatic heterocycles. The predicted molar refractivity (Wildman–Crippen MR) is 172 cm³/mol. The van der Waals surface area contributed by atoms with Crippen molar-refractivity contribution in [3.8, 4) is 28.1 Å². The molecule has 6 aromatic rings. The van der Waals surface area contributed by atoms with Gasteiger partial charge in [0, 0.05) is 43.9 Å². The van der Waals surface area contributed by atoms with Crippen LogP contribution in [0, 0.1) is 6.07 Å². The molecule has 1 aliphatic rings. The van der Waals surface area contributed by atoms with Gasteiger partial charge in [-0.25, -0.2) is 4.98 Å². The molecule has 43 heavy (non-hydrogen) atoms. The normalized spacial score (nSPS) is 13.4. The molecule has 0 unspecified atom stereocenters. The quantitative estimate of drug-likeness (QED) is 0.183. The van der Waals surface area contributed by atoms with Crippen LogP contribution in [-0.4, -0.2) is 15.1 Å². The van der Waals surface area contributed by atoms with E-state index in [-0.39, 0.29) is 32.2 Å². The Kier molecular flexibility index (Phi) is 7.44. The Labute approximate surface area is 267 Å². The van der Waals surface area contributed by atoms with Gasteiger partial charge < -0.3 is 10.0 Å². The van der Waals surface area contributed by atoms with Crippen LogP contribution >= 0.6 is 0 Å². The Bertz CT molecular complexity index is 1970. The smallest absolute Gasteiger partial charge is 0.148 e. The van der Waals surface area contributed by atoms with Gasteiger partial charge >= 0.3 is 0 Å². The molecule has 0 fully saturated rings. The Balaban J connectivity index is 0.00000329. The Morgan fingerprint density at radius 3 is 2.35 bits per heavy atom. The first-order valence-corrected chi connectivity index (χ1v) is 14.4. The van der Waals surface area contributed by atoms with Crippen LogP contribution in [0.25, 0.3) is 33.3 Å². The number of phenolic OH excluding ortho intramolecular Hbond substituents is 1. The first kappa shape index (κ1) is 28.8. The van der Waals surface area contributed by atoms with E-state index in [1.165, 1.54) is 16.7 Å². The molecule has 0 radical (unpaired) electrons. The van der Waals surface area contributed by atoms with Crippen LogP contribution in [0.1, 0.15) is 50.3 Å². The van der Waals surface area contributed by atoms with Crippen LogP contribution < -0.4 is 4.90 Å². The van der Waals surface area contributed by atoms with Gasteiger partial charge in [-0.15, -0.1) is 23.8 Å². The summed E-state index contributed by atoms with van der Waals surface area (Å²) in [5.74, 6) is 1.44. The molecular formula is C38H32N3OPt-. The predicted octanol–water partition coefficient (Wildman–Crippen LogP) is 9.70. The van der Waals surface area contributed by atoms with E-state index in [1.807, 2.05) is 60.8 Å². The molecule has 0 saturated heterocycles. The van der Waals surface area contributed by atoms with Crippen molar-refractivity contribution in [3.05, 3.63) is 132 Å². The molecule has 0 atom stereocenters. The summed E-state index contributed by atoms with van der Waals surface area (Å²) in [5, 5.41) is 12.2. The zero-order valence-electron chi connectivity index (χ0n) is 24.6. The monoisotopic (exact) mass is 741 g/mol. The number of aromatic nitrogens is 2. The Morgan fingerprint density at radius 2 is 1.56 bits per heavy atom. The van der Waals surface area contributed by atoms with Crippen LogP contribution in [0.3, 0.4) is 0 Å². The van der Waals surface area contributed by atoms with E-state index in [2.05, 4.69) is 87.2 Å². The maximum Gasteiger partial charge on any atom is 0.148 e. The Hall–Kier alpha value is -4.27. The van der Waals surface area contributed by atoms with Crippen molar-refractivity contribution in [2.75, 3.05) is 4.90 Å². The largest absolute Gasteiger partial charge is 0.505 e. The molecule has 0 amide bonds. The molecule has 0 saturated carbocycles. The second-order valence-electron chi connectivity index (χ2n) is 11.8. The number of rotatable bonds is 4. The topological polar surface area (TPSA) is 49.2 Å². The maximum absolute atomic E-state index is 11.3. The molecule has 5 heteroatoms. The summed E-state index contributed by atoms with van der Waals surface area (Å²) in [5.41, 5.74) is 9.42. The molecule has 0 spiro atoms. The number of nitrogens with zero attached hydrogens (tertiary/aromatic N) is 3. The standard InChI is InChI=1S/C38H32N3O.Pt/c1-24(2)27-20-21-39-35(23-27)41-33-13-9-8-12-30(33)38(3,4)31-18-15-28(22-34(31)41)32-19-16-26-14-17-29(37(42)36(26)40-32)25-10-6-5-7-11-25;/h5-21,23-24,42H,1-4H3;/q-1;. The van der Waals surface area contributed by atoms with Gasteiger partial charge in [0.15, 0.2) is 0 Å². The first-order valence-electron chi connectivity index (χ1n) is 14.4. The molecule has 7 rings (SSSR count). The third-order valence-corrected chi connectivity index (χ3v) is 8.50. The molecule has 216 valence electrons. The summed E-state index contributed by atoms with van der Waals surface area (Å²) < 4.78 is 0. The van der Waals surface area contributed by atoms with Gasteiger partial charge in [0.25, 0.3) is 0 Å². The van der Waals surface area contributed by atoms with Gasteiger partial charge in [-0.1, -0.05) is 100.0 Å². The van der Waals surface area contributed by atoms with Crippen molar-refractivity contribution in [1.82, 2.24) is 9.97 Å². The van der Waals surface area contributed by atoms with Gasteiger partial charge in [-0.05, 0) is 63.7 Å². The fourth-order valence-electron chi connectivity index (χ4n) is 6.10. The fourth-order valence-corrected chi connectivity index (χ4v) is 6.10. The van der Waals surface area contributed by atoms with Crippen molar-refractivity contribution in [2.45, 2.75) is 39.0 Å². The van der Waals surface area contributed by atoms with Crippen LogP contribution in [0.4, 0.5) is 17.2 Å². The average molecular weight is 742 g/mol. The molecule has 0 aliphatic carbocycles. The number of para-hydroxylation sites is 1. The number of anilines is 3. The van der Waals surface area contributed by atoms with Gasteiger partial charge in [-0.3, -0.25) is 4.98 Å². The molecule has 1 N–H and O–H groups in total. The van der Waals surface area contributed by atoms with E-state index in [1.54, 1.807) is 0 Å². The van der Waals surface area contributed by atoms with E-state index in [0.29, 0.717) is 11.4 Å². The minimum absolute atomic E-state index is 0. The van der Waals surface area contributed by atoms with Crippen LogP contribution in [0.5, 0.6) is 5.75 Å². The van der Waals surface area contributed by atoms with Crippen LogP contribution in [0.15, 0.2) is 109 Å². The zero-order valence-corrected chi connectivity index (χ0v) is 26.8. The number of pyridine rings is 2. The van der Waals surface area contributed by atoms with E-state index in [0.717, 1.165) is 45.0 Å². The summed E-state index contributed by atoms with van der Waals surface area (Å²) >= 11 is 0. The molecule has 3 heterocycles. The third-order valence-electron chi connectivity index (χ3n) is 8.50. The van der Waals surface area contributed by atoms with E-state index < -0.39 is 0 Å². The number of benzene rings is 4. The van der Waals surface area contributed by atoms with E-state index in [9.17, 15) is 5.11 Å². The van der Waals surface area contributed by atoms with Gasteiger partial charge in [-0.2, -0.15) is 0 Å². The van der Waals surface area contributed by atoms with Crippen LogP contribution in [0.2, 0.25) is 0 Å². The molecular weight excluding hydrogens is 710 g/mol. The number of fused-ring (bicyclic) bond motifs is 3. The van der Waals surface area contributed by atoms with Crippen molar-refractivity contribution in [1.29, 1.82) is 0 Å². The van der Waals surface area contributed by atoms with Crippen molar-refractivity contribution < 1.29 is 26.2 Å².